The van der Waals surface area contributed by atoms with Crippen LogP contribution in [0.1, 0.15) is 31.4 Å². The number of rotatable bonds is 9. The Hall–Kier alpha value is -1.03. The molecule has 2 N–H and O–H groups in total. The van der Waals surface area contributed by atoms with Crippen LogP contribution in [0.15, 0.2) is 23.2 Å². The van der Waals surface area contributed by atoms with Crippen molar-refractivity contribution >= 4 is 39.8 Å². The van der Waals surface area contributed by atoms with Crippen LogP contribution in [0.25, 0.3) is 0 Å². The first kappa shape index (κ1) is 25.0. The second kappa shape index (κ2) is 12.4. The molecule has 0 aliphatic rings. The number of benzene rings is 1. The maximum absolute atomic E-state index is 11.3. The number of hydrogen-bond donors (Lipinski definition) is 2. The number of nitrogens with zero attached hydrogens (tertiary/aromatic N) is 1. The van der Waals surface area contributed by atoms with Crippen molar-refractivity contribution in [2.24, 2.45) is 4.99 Å². The van der Waals surface area contributed by atoms with Crippen LogP contribution in [-0.2, 0) is 9.84 Å². The fourth-order valence-electron chi connectivity index (χ4n) is 2.35. The lowest BCUT2D eigenvalue weighted by atomic mass is 10.1. The van der Waals surface area contributed by atoms with Gasteiger partial charge in [0.25, 0.3) is 0 Å². The molecule has 0 aromatic heterocycles. The van der Waals surface area contributed by atoms with Gasteiger partial charge in [-0.2, -0.15) is 0 Å². The van der Waals surface area contributed by atoms with Gasteiger partial charge in [0.05, 0.1) is 12.3 Å². The van der Waals surface area contributed by atoms with Gasteiger partial charge in [-0.15, -0.1) is 24.0 Å². The predicted molar refractivity (Wildman–Crippen MR) is 120 cm³/mol. The molecule has 6 nitrogen and oxygen atoms in total. The summed E-state index contributed by atoms with van der Waals surface area (Å²) in [5, 5.41) is 6.39. The van der Waals surface area contributed by atoms with Crippen LogP contribution >= 0.6 is 24.0 Å². The molecule has 0 saturated heterocycles. The van der Waals surface area contributed by atoms with Gasteiger partial charge in [0.1, 0.15) is 22.2 Å². The zero-order valence-corrected chi connectivity index (χ0v) is 19.5. The lowest BCUT2D eigenvalue weighted by Crippen LogP contribution is -2.43. The highest BCUT2D eigenvalue weighted by atomic mass is 127. The average molecular weight is 497 g/mol. The third kappa shape index (κ3) is 11.6. The Morgan fingerprint density at radius 1 is 1.23 bits per heavy atom. The Balaban J connectivity index is 0.00000625. The molecule has 1 atom stereocenters. The fourth-order valence-corrected chi connectivity index (χ4v) is 3.14. The minimum Gasteiger partial charge on any atom is -0.492 e. The van der Waals surface area contributed by atoms with Gasteiger partial charge in [0.2, 0.25) is 0 Å². The van der Waals surface area contributed by atoms with E-state index in [2.05, 4.69) is 21.7 Å². The molecule has 1 unspecified atom stereocenters. The molecule has 1 rings (SSSR count). The summed E-state index contributed by atoms with van der Waals surface area (Å²) in [6.07, 6.45) is 1.80. The van der Waals surface area contributed by atoms with Crippen molar-refractivity contribution in [2.75, 3.05) is 31.7 Å². The molecule has 0 fully saturated rings. The highest BCUT2D eigenvalue weighted by molar-refractivity contribution is 14.0. The van der Waals surface area contributed by atoms with E-state index in [0.717, 1.165) is 12.3 Å². The maximum Gasteiger partial charge on any atom is 0.191 e. The number of hydrogen-bond acceptors (Lipinski definition) is 4. The first-order chi connectivity index (χ1) is 11.7. The SMILES string of the molecule is CCNC(=NCCOc1cc(C)cc(C)c1)NC(C)CCS(C)(=O)=O.I. The number of guanidine groups is 1. The second-order valence-corrected chi connectivity index (χ2v) is 8.66. The van der Waals surface area contributed by atoms with E-state index in [1.54, 1.807) is 0 Å². The highest BCUT2D eigenvalue weighted by Crippen LogP contribution is 2.15. The third-order valence-electron chi connectivity index (χ3n) is 3.47. The predicted octanol–water partition coefficient (Wildman–Crippen LogP) is 2.68. The minimum atomic E-state index is -2.95. The van der Waals surface area contributed by atoms with Crippen LogP contribution in [0.4, 0.5) is 0 Å². The van der Waals surface area contributed by atoms with Crippen molar-refractivity contribution in [2.45, 2.75) is 40.2 Å². The molecule has 26 heavy (non-hydrogen) atoms. The molecule has 0 aliphatic heterocycles. The highest BCUT2D eigenvalue weighted by Gasteiger charge is 2.09. The summed E-state index contributed by atoms with van der Waals surface area (Å²) in [5.74, 6) is 1.69. The maximum atomic E-state index is 11.3. The van der Waals surface area contributed by atoms with Crippen molar-refractivity contribution < 1.29 is 13.2 Å². The van der Waals surface area contributed by atoms with Gasteiger partial charge >= 0.3 is 0 Å². The molecule has 0 saturated carbocycles. The van der Waals surface area contributed by atoms with Crippen molar-refractivity contribution in [1.29, 1.82) is 0 Å². The molecule has 0 radical (unpaired) electrons. The van der Waals surface area contributed by atoms with Crippen LogP contribution in [0.5, 0.6) is 5.75 Å². The van der Waals surface area contributed by atoms with Gasteiger partial charge in [-0.25, -0.2) is 13.4 Å². The first-order valence-corrected chi connectivity index (χ1v) is 10.7. The quantitative estimate of drug-likeness (QED) is 0.238. The van der Waals surface area contributed by atoms with Crippen LogP contribution in [-0.4, -0.2) is 52.1 Å². The Morgan fingerprint density at radius 3 is 2.38 bits per heavy atom. The Morgan fingerprint density at radius 2 is 1.85 bits per heavy atom. The number of halogens is 1. The standard InChI is InChI=1S/C18H31N3O3S.HI/c1-6-19-18(21-16(4)7-10-25(5,22)23)20-8-9-24-17-12-14(2)11-15(3)13-17;/h11-13,16H,6-10H2,1-5H3,(H2,19,20,21);1H. The Labute approximate surface area is 175 Å². The van der Waals surface area contributed by atoms with Crippen LogP contribution in [0.2, 0.25) is 0 Å². The lowest BCUT2D eigenvalue weighted by Gasteiger charge is -2.17. The summed E-state index contributed by atoms with van der Waals surface area (Å²) >= 11 is 0. The van der Waals surface area contributed by atoms with Crippen LogP contribution in [0.3, 0.4) is 0 Å². The summed E-state index contributed by atoms with van der Waals surface area (Å²) in [4.78, 5) is 4.48. The summed E-state index contributed by atoms with van der Waals surface area (Å²) in [6, 6.07) is 6.14. The molecule has 0 aliphatic carbocycles. The van der Waals surface area contributed by atoms with Gasteiger partial charge in [-0.3, -0.25) is 0 Å². The molecule has 0 bridgehead atoms. The van der Waals surface area contributed by atoms with E-state index in [4.69, 9.17) is 4.74 Å². The van der Waals surface area contributed by atoms with E-state index in [-0.39, 0.29) is 35.8 Å². The number of ether oxygens (including phenoxy) is 1. The summed E-state index contributed by atoms with van der Waals surface area (Å²) in [7, 11) is -2.95. The van der Waals surface area contributed by atoms with Crippen LogP contribution < -0.4 is 15.4 Å². The number of sulfone groups is 1. The third-order valence-corrected chi connectivity index (χ3v) is 4.45. The molecule has 0 spiro atoms. The zero-order chi connectivity index (χ0) is 18.9. The van der Waals surface area contributed by atoms with Gasteiger partial charge in [0.15, 0.2) is 5.96 Å². The Bertz CT molecular complexity index is 658. The smallest absolute Gasteiger partial charge is 0.191 e. The molecular formula is C18H32IN3O3S. The van der Waals surface area contributed by atoms with Gasteiger partial charge < -0.3 is 15.4 Å². The average Bonchev–Trinajstić information content (AvgIpc) is 2.48. The first-order valence-electron chi connectivity index (χ1n) is 8.63. The van der Waals surface area contributed by atoms with E-state index < -0.39 is 9.84 Å². The molecule has 150 valence electrons. The zero-order valence-electron chi connectivity index (χ0n) is 16.3. The monoisotopic (exact) mass is 497 g/mol. The van der Waals surface area contributed by atoms with Gasteiger partial charge in [-0.1, -0.05) is 6.07 Å². The topological polar surface area (TPSA) is 79.8 Å². The fraction of sp³-hybridized carbons (Fsp3) is 0.611. The molecule has 1 aromatic carbocycles. The van der Waals surface area contributed by atoms with Gasteiger partial charge in [0, 0.05) is 18.8 Å². The van der Waals surface area contributed by atoms with Crippen molar-refractivity contribution in [3.8, 4) is 5.75 Å². The van der Waals surface area contributed by atoms with E-state index in [9.17, 15) is 8.42 Å². The second-order valence-electron chi connectivity index (χ2n) is 6.40. The molecule has 0 amide bonds. The molecule has 1 aromatic rings. The molecule has 8 heteroatoms. The van der Waals surface area contributed by atoms with E-state index in [0.29, 0.717) is 25.5 Å². The van der Waals surface area contributed by atoms with E-state index >= 15 is 0 Å². The molecular weight excluding hydrogens is 465 g/mol. The van der Waals surface area contributed by atoms with Crippen molar-refractivity contribution in [1.82, 2.24) is 10.6 Å². The Kier molecular flexibility index (Phi) is 11.9. The number of aliphatic imine (C=N–C) groups is 1. The normalized spacial score (nSPS) is 12.9. The van der Waals surface area contributed by atoms with Crippen molar-refractivity contribution in [3.05, 3.63) is 29.3 Å². The van der Waals surface area contributed by atoms with Crippen molar-refractivity contribution in [3.63, 3.8) is 0 Å². The minimum absolute atomic E-state index is 0. The van der Waals surface area contributed by atoms with E-state index in [1.807, 2.05) is 39.8 Å². The summed E-state index contributed by atoms with van der Waals surface area (Å²) < 4.78 is 28.3. The summed E-state index contributed by atoms with van der Waals surface area (Å²) in [5.41, 5.74) is 2.35. The van der Waals surface area contributed by atoms with Crippen LogP contribution in [0, 0.1) is 13.8 Å². The largest absolute Gasteiger partial charge is 0.492 e. The number of aryl methyl sites for hydroxylation is 2. The summed E-state index contributed by atoms with van der Waals surface area (Å²) in [6.45, 7) is 9.77. The van der Waals surface area contributed by atoms with E-state index in [1.165, 1.54) is 17.4 Å². The van der Waals surface area contributed by atoms with Gasteiger partial charge in [-0.05, 0) is 57.4 Å². The molecule has 0 heterocycles. The lowest BCUT2D eigenvalue weighted by molar-refractivity contribution is 0.328. The number of nitrogens with one attached hydrogen (secondary N) is 2.